The second-order valence-corrected chi connectivity index (χ2v) is 7.64. The number of thiophene rings is 1. The van der Waals surface area contributed by atoms with Crippen LogP contribution in [-0.2, 0) is 12.7 Å². The predicted octanol–water partition coefficient (Wildman–Crippen LogP) is 3.89. The molecule has 26 heavy (non-hydrogen) atoms. The summed E-state index contributed by atoms with van der Waals surface area (Å²) in [6, 6.07) is 3.23. The number of fused-ring (bicyclic) bond motifs is 1. The Bertz CT molecular complexity index is 917. The Balaban J connectivity index is 1.61. The quantitative estimate of drug-likeness (QED) is 0.691. The van der Waals surface area contributed by atoms with Crippen molar-refractivity contribution in [3.8, 4) is 0 Å². The van der Waals surface area contributed by atoms with Crippen LogP contribution in [0.4, 0.5) is 13.2 Å². The molecule has 0 saturated carbocycles. The fourth-order valence-corrected chi connectivity index (χ4v) is 4.40. The lowest BCUT2D eigenvalue weighted by Crippen LogP contribution is -2.34. The van der Waals surface area contributed by atoms with Gasteiger partial charge in [-0.25, -0.2) is 4.98 Å². The number of rotatable bonds is 3. The molecule has 0 bridgehead atoms. The van der Waals surface area contributed by atoms with Crippen molar-refractivity contribution in [3.05, 3.63) is 45.7 Å². The van der Waals surface area contributed by atoms with Gasteiger partial charge in [0.25, 0.3) is 5.78 Å². The summed E-state index contributed by atoms with van der Waals surface area (Å²) in [4.78, 5) is 11.8. The van der Waals surface area contributed by atoms with Crippen LogP contribution in [0.2, 0.25) is 0 Å². The monoisotopic (exact) mass is 381 g/mol. The molecule has 4 rings (SSSR count). The highest BCUT2D eigenvalue weighted by atomic mass is 32.1. The molecule has 1 aliphatic heterocycles. The Hall–Kier alpha value is -2.00. The van der Waals surface area contributed by atoms with Gasteiger partial charge in [-0.1, -0.05) is 0 Å². The molecule has 0 aliphatic carbocycles. The standard InChI is InChI=1S/C17H18F3N5S/c1-11-4-6-26-14(11)9-24-5-2-3-12(8-24)13-7-15(17(18,19)20)25-16(23-13)21-10-22-25/h4,6-7,10,12H,2-3,5,8-9H2,1H3. The molecule has 4 heterocycles. The molecule has 3 aromatic heterocycles. The Morgan fingerprint density at radius 3 is 2.92 bits per heavy atom. The molecule has 0 N–H and O–H groups in total. The molecule has 3 aromatic rings. The first-order valence-corrected chi connectivity index (χ1v) is 9.33. The smallest absolute Gasteiger partial charge is 0.298 e. The maximum Gasteiger partial charge on any atom is 0.433 e. The van der Waals surface area contributed by atoms with Gasteiger partial charge in [-0.15, -0.1) is 11.3 Å². The number of likely N-dealkylation sites (tertiary alicyclic amines) is 1. The zero-order chi connectivity index (χ0) is 18.3. The summed E-state index contributed by atoms with van der Waals surface area (Å²) in [5.74, 6) is -0.0344. The summed E-state index contributed by atoms with van der Waals surface area (Å²) < 4.78 is 40.9. The van der Waals surface area contributed by atoms with Gasteiger partial charge in [-0.2, -0.15) is 27.8 Å². The van der Waals surface area contributed by atoms with E-state index in [-0.39, 0.29) is 11.7 Å². The topological polar surface area (TPSA) is 46.3 Å². The van der Waals surface area contributed by atoms with Crippen molar-refractivity contribution in [2.24, 2.45) is 0 Å². The van der Waals surface area contributed by atoms with Crippen LogP contribution in [0.1, 0.15) is 40.6 Å². The lowest BCUT2D eigenvalue weighted by Gasteiger charge is -2.32. The van der Waals surface area contributed by atoms with Crippen LogP contribution in [0.25, 0.3) is 5.78 Å². The van der Waals surface area contributed by atoms with Crippen LogP contribution >= 0.6 is 11.3 Å². The van der Waals surface area contributed by atoms with E-state index in [1.54, 1.807) is 11.3 Å². The van der Waals surface area contributed by atoms with Gasteiger partial charge < -0.3 is 0 Å². The van der Waals surface area contributed by atoms with Gasteiger partial charge in [0.15, 0.2) is 5.69 Å². The first-order valence-electron chi connectivity index (χ1n) is 8.45. The van der Waals surface area contributed by atoms with Crippen molar-refractivity contribution in [3.63, 3.8) is 0 Å². The van der Waals surface area contributed by atoms with Gasteiger partial charge in [0, 0.05) is 23.9 Å². The normalized spacial score (nSPS) is 19.3. The molecular formula is C17H18F3N5S. The number of alkyl halides is 3. The highest BCUT2D eigenvalue weighted by Crippen LogP contribution is 2.33. The fourth-order valence-electron chi connectivity index (χ4n) is 3.45. The Morgan fingerprint density at radius 2 is 2.19 bits per heavy atom. The van der Waals surface area contributed by atoms with E-state index in [2.05, 4.69) is 38.3 Å². The Morgan fingerprint density at radius 1 is 1.35 bits per heavy atom. The SMILES string of the molecule is Cc1ccsc1CN1CCCC(c2cc(C(F)(F)F)n3ncnc3n2)C1. The Labute approximate surface area is 152 Å². The van der Waals surface area contributed by atoms with Crippen LogP contribution in [0.15, 0.2) is 23.8 Å². The Kier molecular flexibility index (Phi) is 4.44. The molecule has 0 radical (unpaired) electrons. The van der Waals surface area contributed by atoms with Crippen LogP contribution in [0.5, 0.6) is 0 Å². The van der Waals surface area contributed by atoms with E-state index in [1.165, 1.54) is 10.4 Å². The largest absolute Gasteiger partial charge is 0.433 e. The van der Waals surface area contributed by atoms with E-state index in [0.717, 1.165) is 42.8 Å². The van der Waals surface area contributed by atoms with Gasteiger partial charge in [-0.05, 0) is 49.4 Å². The number of piperidine rings is 1. The van der Waals surface area contributed by atoms with E-state index >= 15 is 0 Å². The fraction of sp³-hybridized carbons (Fsp3) is 0.471. The number of aromatic nitrogens is 4. The maximum atomic E-state index is 13.4. The molecule has 5 nitrogen and oxygen atoms in total. The average Bonchev–Trinajstić information content (AvgIpc) is 3.22. The summed E-state index contributed by atoms with van der Waals surface area (Å²) >= 11 is 1.72. The zero-order valence-corrected chi connectivity index (χ0v) is 15.0. The zero-order valence-electron chi connectivity index (χ0n) is 14.2. The van der Waals surface area contributed by atoms with Crippen LogP contribution in [-0.4, -0.2) is 37.6 Å². The second kappa shape index (κ2) is 6.62. The van der Waals surface area contributed by atoms with Gasteiger partial charge in [0.1, 0.15) is 6.33 Å². The third kappa shape index (κ3) is 3.33. The van der Waals surface area contributed by atoms with Crippen molar-refractivity contribution in [1.82, 2.24) is 24.5 Å². The highest BCUT2D eigenvalue weighted by Gasteiger charge is 2.36. The van der Waals surface area contributed by atoms with Crippen molar-refractivity contribution in [1.29, 1.82) is 0 Å². The molecule has 1 atom stereocenters. The molecule has 0 aromatic carbocycles. The van der Waals surface area contributed by atoms with Crippen molar-refractivity contribution in [2.45, 2.75) is 38.4 Å². The van der Waals surface area contributed by atoms with Gasteiger partial charge in [0.2, 0.25) is 0 Å². The average molecular weight is 381 g/mol. The van der Waals surface area contributed by atoms with Crippen molar-refractivity contribution in [2.75, 3.05) is 13.1 Å². The lowest BCUT2D eigenvalue weighted by atomic mass is 9.94. The minimum atomic E-state index is -4.49. The van der Waals surface area contributed by atoms with E-state index in [9.17, 15) is 13.2 Å². The van der Waals surface area contributed by atoms with Crippen molar-refractivity contribution >= 4 is 17.1 Å². The maximum absolute atomic E-state index is 13.4. The molecular weight excluding hydrogens is 363 g/mol. The predicted molar refractivity (Wildman–Crippen MR) is 92.1 cm³/mol. The summed E-state index contributed by atoms with van der Waals surface area (Å²) in [5, 5.41) is 5.73. The minimum Gasteiger partial charge on any atom is -0.298 e. The molecule has 138 valence electrons. The van der Waals surface area contributed by atoms with Crippen LogP contribution in [0, 0.1) is 6.92 Å². The van der Waals surface area contributed by atoms with Crippen LogP contribution in [0.3, 0.4) is 0 Å². The number of aryl methyl sites for hydroxylation is 1. The first kappa shape index (κ1) is 17.4. The van der Waals surface area contributed by atoms with Gasteiger partial charge in [-0.3, -0.25) is 4.90 Å². The molecule has 1 fully saturated rings. The first-order chi connectivity index (χ1) is 12.4. The van der Waals surface area contributed by atoms with E-state index < -0.39 is 11.9 Å². The highest BCUT2D eigenvalue weighted by molar-refractivity contribution is 7.10. The number of halogens is 3. The summed E-state index contributed by atoms with van der Waals surface area (Å²) in [5.41, 5.74) is 0.895. The third-order valence-corrected chi connectivity index (χ3v) is 5.83. The van der Waals surface area contributed by atoms with Gasteiger partial charge in [0.05, 0.1) is 5.69 Å². The summed E-state index contributed by atoms with van der Waals surface area (Å²) in [6.45, 7) is 4.57. The van der Waals surface area contributed by atoms with Crippen LogP contribution < -0.4 is 0 Å². The summed E-state index contributed by atoms with van der Waals surface area (Å²) in [7, 11) is 0. The van der Waals surface area contributed by atoms with E-state index in [4.69, 9.17) is 0 Å². The molecule has 0 spiro atoms. The minimum absolute atomic E-state index is 0.000972. The number of hydrogen-bond donors (Lipinski definition) is 0. The molecule has 0 amide bonds. The van der Waals surface area contributed by atoms with Crippen molar-refractivity contribution < 1.29 is 13.2 Å². The third-order valence-electron chi connectivity index (χ3n) is 4.82. The summed E-state index contributed by atoms with van der Waals surface area (Å²) in [6.07, 6.45) is -1.62. The molecule has 1 unspecified atom stereocenters. The number of nitrogens with zero attached hydrogens (tertiary/aromatic N) is 5. The van der Waals surface area contributed by atoms with Gasteiger partial charge >= 0.3 is 6.18 Å². The molecule has 1 aliphatic rings. The second-order valence-electron chi connectivity index (χ2n) is 6.64. The van der Waals surface area contributed by atoms with E-state index in [1.807, 2.05) is 0 Å². The van der Waals surface area contributed by atoms with E-state index in [0.29, 0.717) is 12.2 Å². The molecule has 9 heteroatoms. The molecule has 1 saturated heterocycles. The number of hydrogen-bond acceptors (Lipinski definition) is 5. The lowest BCUT2D eigenvalue weighted by molar-refractivity contribution is -0.142.